The number of amides is 1. The summed E-state index contributed by atoms with van der Waals surface area (Å²) in [6.45, 7) is 4.93. The van der Waals surface area contributed by atoms with Crippen LogP contribution < -0.4 is 0 Å². The highest BCUT2D eigenvalue weighted by molar-refractivity contribution is 5.80. The van der Waals surface area contributed by atoms with Crippen molar-refractivity contribution in [3.05, 3.63) is 0 Å². The third kappa shape index (κ3) is 2.25. The number of hydrogen-bond acceptors (Lipinski definition) is 3. The Morgan fingerprint density at radius 3 is 2.57 bits per heavy atom. The molecule has 0 aromatic carbocycles. The second-order valence-corrected chi connectivity index (χ2v) is 3.95. The van der Waals surface area contributed by atoms with Crippen LogP contribution >= 0.6 is 0 Å². The molecule has 0 N–H and O–H groups in total. The van der Waals surface area contributed by atoms with E-state index in [1.54, 1.807) is 4.90 Å². The van der Waals surface area contributed by atoms with Crippen molar-refractivity contribution in [2.24, 2.45) is 11.8 Å². The lowest BCUT2D eigenvalue weighted by atomic mass is 10.1. The Hall–Kier alpha value is -1.06. The SMILES string of the molecule is COC(=O)[C@H]1CCN(C(=O)C(C)C)C1. The average Bonchev–Trinajstić information content (AvgIpc) is 2.64. The number of methoxy groups -OCH3 is 1. The Kier molecular flexibility index (Phi) is 3.49. The number of carbonyl (C=O) groups is 2. The third-order valence-electron chi connectivity index (χ3n) is 2.53. The minimum atomic E-state index is -0.205. The van der Waals surface area contributed by atoms with Gasteiger partial charge in [0.1, 0.15) is 0 Å². The van der Waals surface area contributed by atoms with E-state index in [0.717, 1.165) is 6.42 Å². The highest BCUT2D eigenvalue weighted by Gasteiger charge is 2.32. The maximum Gasteiger partial charge on any atom is 0.310 e. The quantitative estimate of drug-likeness (QED) is 0.614. The Labute approximate surface area is 84.2 Å². The summed E-state index contributed by atoms with van der Waals surface area (Å²) in [6.07, 6.45) is 0.727. The van der Waals surface area contributed by atoms with Gasteiger partial charge in [0.25, 0.3) is 0 Å². The van der Waals surface area contributed by atoms with Gasteiger partial charge in [-0.25, -0.2) is 0 Å². The van der Waals surface area contributed by atoms with Gasteiger partial charge in [0.2, 0.25) is 5.91 Å². The largest absolute Gasteiger partial charge is 0.469 e. The van der Waals surface area contributed by atoms with Crippen LogP contribution in [0.15, 0.2) is 0 Å². The molecule has 0 bridgehead atoms. The van der Waals surface area contributed by atoms with E-state index in [-0.39, 0.29) is 23.7 Å². The summed E-state index contributed by atoms with van der Waals surface area (Å²) < 4.78 is 4.65. The summed E-state index contributed by atoms with van der Waals surface area (Å²) >= 11 is 0. The molecule has 0 aliphatic carbocycles. The fraction of sp³-hybridized carbons (Fsp3) is 0.800. The number of likely N-dealkylation sites (tertiary alicyclic amines) is 1. The molecule has 0 aromatic heterocycles. The number of carbonyl (C=O) groups excluding carboxylic acids is 2. The molecule has 1 saturated heterocycles. The molecule has 1 rings (SSSR count). The lowest BCUT2D eigenvalue weighted by Crippen LogP contribution is -2.33. The van der Waals surface area contributed by atoms with Crippen molar-refractivity contribution in [2.75, 3.05) is 20.2 Å². The number of rotatable bonds is 2. The summed E-state index contributed by atoms with van der Waals surface area (Å²) in [7, 11) is 1.38. The fourth-order valence-electron chi connectivity index (χ4n) is 1.68. The normalized spacial score (nSPS) is 21.4. The molecule has 1 aliphatic heterocycles. The first-order valence-electron chi connectivity index (χ1n) is 4.93. The first-order chi connectivity index (χ1) is 6.56. The van der Waals surface area contributed by atoms with Crippen molar-refractivity contribution in [2.45, 2.75) is 20.3 Å². The van der Waals surface area contributed by atoms with Crippen LogP contribution in [-0.2, 0) is 14.3 Å². The molecule has 0 spiro atoms. The Morgan fingerprint density at radius 2 is 2.07 bits per heavy atom. The van der Waals surface area contributed by atoms with Crippen LogP contribution in [0, 0.1) is 11.8 Å². The summed E-state index contributed by atoms with van der Waals surface area (Å²) in [4.78, 5) is 24.5. The fourth-order valence-corrected chi connectivity index (χ4v) is 1.68. The highest BCUT2D eigenvalue weighted by atomic mass is 16.5. The molecule has 1 aliphatic rings. The van der Waals surface area contributed by atoms with Gasteiger partial charge in [0.05, 0.1) is 13.0 Å². The maximum atomic E-state index is 11.6. The first-order valence-corrected chi connectivity index (χ1v) is 4.93. The van der Waals surface area contributed by atoms with E-state index in [0.29, 0.717) is 13.1 Å². The molecule has 0 unspecified atom stereocenters. The number of hydrogen-bond donors (Lipinski definition) is 0. The molecule has 4 nitrogen and oxygen atoms in total. The standard InChI is InChI=1S/C10H17NO3/c1-7(2)9(12)11-5-4-8(6-11)10(13)14-3/h7-8H,4-6H2,1-3H3/t8-/m0/s1. The molecular formula is C10H17NO3. The minimum absolute atomic E-state index is 0.00592. The maximum absolute atomic E-state index is 11.6. The zero-order valence-corrected chi connectivity index (χ0v) is 8.95. The van der Waals surface area contributed by atoms with Gasteiger partial charge >= 0.3 is 5.97 Å². The second-order valence-electron chi connectivity index (χ2n) is 3.95. The summed E-state index contributed by atoms with van der Waals surface area (Å²) in [5, 5.41) is 0. The van der Waals surface area contributed by atoms with Crippen LogP contribution in [0.3, 0.4) is 0 Å². The summed E-state index contributed by atoms with van der Waals surface area (Å²) in [5.74, 6) is -0.199. The lowest BCUT2D eigenvalue weighted by molar-refractivity contribution is -0.145. The predicted octanol–water partition coefficient (Wildman–Crippen LogP) is 0.664. The van der Waals surface area contributed by atoms with E-state index < -0.39 is 0 Å². The second kappa shape index (κ2) is 4.44. The van der Waals surface area contributed by atoms with Crippen LogP contribution in [0.5, 0.6) is 0 Å². The van der Waals surface area contributed by atoms with Gasteiger partial charge in [0, 0.05) is 19.0 Å². The van der Waals surface area contributed by atoms with Crippen LogP contribution in [0.4, 0.5) is 0 Å². The summed E-state index contributed by atoms with van der Waals surface area (Å²) in [6, 6.07) is 0. The van der Waals surface area contributed by atoms with Gasteiger partial charge in [-0.1, -0.05) is 13.8 Å². The van der Waals surface area contributed by atoms with Crippen LogP contribution in [-0.4, -0.2) is 37.0 Å². The predicted molar refractivity (Wildman–Crippen MR) is 51.5 cm³/mol. The van der Waals surface area contributed by atoms with E-state index in [1.807, 2.05) is 13.8 Å². The molecule has 0 saturated carbocycles. The number of esters is 1. The van der Waals surface area contributed by atoms with E-state index in [9.17, 15) is 9.59 Å². The topological polar surface area (TPSA) is 46.6 Å². The summed E-state index contributed by atoms with van der Waals surface area (Å²) in [5.41, 5.74) is 0. The van der Waals surface area contributed by atoms with Gasteiger partial charge in [-0.05, 0) is 6.42 Å². The van der Waals surface area contributed by atoms with Crippen molar-refractivity contribution in [1.29, 1.82) is 0 Å². The molecule has 14 heavy (non-hydrogen) atoms. The van der Waals surface area contributed by atoms with Gasteiger partial charge < -0.3 is 9.64 Å². The molecule has 80 valence electrons. The first kappa shape index (κ1) is 11.0. The molecule has 0 aromatic rings. The van der Waals surface area contributed by atoms with E-state index in [1.165, 1.54) is 7.11 Å². The van der Waals surface area contributed by atoms with Gasteiger partial charge in [-0.15, -0.1) is 0 Å². The van der Waals surface area contributed by atoms with Crippen LogP contribution in [0.1, 0.15) is 20.3 Å². The van der Waals surface area contributed by atoms with Crippen molar-refractivity contribution < 1.29 is 14.3 Å². The average molecular weight is 199 g/mol. The van der Waals surface area contributed by atoms with Gasteiger partial charge in [-0.3, -0.25) is 9.59 Å². The molecule has 1 atom stereocenters. The van der Waals surface area contributed by atoms with Crippen molar-refractivity contribution in [3.63, 3.8) is 0 Å². The van der Waals surface area contributed by atoms with E-state index in [2.05, 4.69) is 4.74 Å². The Balaban J connectivity index is 2.49. The molecule has 1 amide bonds. The van der Waals surface area contributed by atoms with E-state index in [4.69, 9.17) is 0 Å². The molecule has 1 fully saturated rings. The molecule has 1 heterocycles. The smallest absolute Gasteiger partial charge is 0.310 e. The zero-order valence-electron chi connectivity index (χ0n) is 8.95. The van der Waals surface area contributed by atoms with Gasteiger partial charge in [0.15, 0.2) is 0 Å². The van der Waals surface area contributed by atoms with Crippen LogP contribution in [0.25, 0.3) is 0 Å². The highest BCUT2D eigenvalue weighted by Crippen LogP contribution is 2.19. The van der Waals surface area contributed by atoms with Crippen LogP contribution in [0.2, 0.25) is 0 Å². The Morgan fingerprint density at radius 1 is 1.43 bits per heavy atom. The van der Waals surface area contributed by atoms with Gasteiger partial charge in [-0.2, -0.15) is 0 Å². The number of nitrogens with zero attached hydrogens (tertiary/aromatic N) is 1. The zero-order chi connectivity index (χ0) is 10.7. The van der Waals surface area contributed by atoms with Crippen molar-refractivity contribution in [1.82, 2.24) is 4.90 Å². The lowest BCUT2D eigenvalue weighted by Gasteiger charge is -2.18. The Bertz CT molecular complexity index is 238. The molecule has 4 heteroatoms. The van der Waals surface area contributed by atoms with E-state index >= 15 is 0 Å². The molecule has 0 radical (unpaired) electrons. The number of ether oxygens (including phenoxy) is 1. The molecular weight excluding hydrogens is 182 g/mol. The minimum Gasteiger partial charge on any atom is -0.469 e. The monoisotopic (exact) mass is 199 g/mol. The third-order valence-corrected chi connectivity index (χ3v) is 2.53. The van der Waals surface area contributed by atoms with Crippen molar-refractivity contribution in [3.8, 4) is 0 Å². The van der Waals surface area contributed by atoms with Crippen molar-refractivity contribution >= 4 is 11.9 Å².